The highest BCUT2D eigenvalue weighted by Gasteiger charge is 2.51. The van der Waals surface area contributed by atoms with Crippen molar-refractivity contribution >= 4 is 11.9 Å². The van der Waals surface area contributed by atoms with Crippen molar-refractivity contribution in [2.75, 3.05) is 19.6 Å². The Labute approximate surface area is 160 Å². The van der Waals surface area contributed by atoms with E-state index in [0.717, 1.165) is 64.6 Å². The summed E-state index contributed by atoms with van der Waals surface area (Å²) in [4.78, 5) is 28.7. The molecule has 2 heterocycles. The summed E-state index contributed by atoms with van der Waals surface area (Å²) in [7, 11) is 0. The fourth-order valence-electron chi connectivity index (χ4n) is 5.62. The third kappa shape index (κ3) is 3.06. The molecule has 1 aromatic rings. The Morgan fingerprint density at radius 3 is 2.22 bits per heavy atom. The maximum absolute atomic E-state index is 12.4. The number of carboxylic acid groups (broad SMARTS) is 1. The zero-order valence-electron chi connectivity index (χ0n) is 15.8. The molecule has 2 aliphatic heterocycles. The van der Waals surface area contributed by atoms with E-state index in [1.807, 2.05) is 4.90 Å². The molecule has 1 aromatic carbocycles. The molecule has 1 atom stereocenters. The number of amides is 1. The molecule has 27 heavy (non-hydrogen) atoms. The Bertz CT molecular complexity index is 740. The van der Waals surface area contributed by atoms with Crippen molar-refractivity contribution < 1.29 is 14.7 Å². The fraction of sp³-hybridized carbons (Fsp3) is 0.636. The van der Waals surface area contributed by atoms with Crippen LogP contribution in [-0.4, -0.2) is 58.5 Å². The summed E-state index contributed by atoms with van der Waals surface area (Å²) in [6.45, 7) is 2.48. The van der Waals surface area contributed by atoms with Gasteiger partial charge in [0.2, 0.25) is 5.91 Å². The first kappa shape index (κ1) is 17.2. The van der Waals surface area contributed by atoms with Crippen molar-refractivity contribution in [3.05, 3.63) is 35.4 Å². The average molecular weight is 368 g/mol. The number of benzene rings is 1. The van der Waals surface area contributed by atoms with Gasteiger partial charge in [0.1, 0.15) is 6.04 Å². The van der Waals surface area contributed by atoms with Gasteiger partial charge in [0, 0.05) is 31.6 Å². The lowest BCUT2D eigenvalue weighted by atomic mass is 9.76. The smallest absolute Gasteiger partial charge is 0.320 e. The van der Waals surface area contributed by atoms with Gasteiger partial charge in [0.05, 0.1) is 0 Å². The van der Waals surface area contributed by atoms with Crippen LogP contribution in [0, 0.1) is 11.3 Å². The van der Waals surface area contributed by atoms with E-state index in [0.29, 0.717) is 11.9 Å². The molecule has 1 saturated carbocycles. The molecule has 5 nitrogen and oxygen atoms in total. The number of rotatable bonds is 3. The Morgan fingerprint density at radius 1 is 1.04 bits per heavy atom. The lowest BCUT2D eigenvalue weighted by Crippen LogP contribution is -2.46. The minimum atomic E-state index is -0.681. The normalized spacial score (nSPS) is 27.9. The second-order valence-corrected chi connectivity index (χ2v) is 9.16. The molecule has 0 aromatic heterocycles. The first-order valence-electron chi connectivity index (χ1n) is 10.4. The van der Waals surface area contributed by atoms with Crippen LogP contribution in [0.5, 0.6) is 0 Å². The number of hydrogen-bond donors (Lipinski definition) is 1. The Morgan fingerprint density at radius 2 is 1.67 bits per heavy atom. The third-order valence-electron chi connectivity index (χ3n) is 7.39. The summed E-state index contributed by atoms with van der Waals surface area (Å²) in [5.74, 6) is -0.0667. The van der Waals surface area contributed by atoms with Gasteiger partial charge in [-0.1, -0.05) is 24.3 Å². The number of fused-ring (bicyclic) bond motifs is 1. The van der Waals surface area contributed by atoms with Crippen molar-refractivity contribution in [1.82, 2.24) is 9.80 Å². The molecule has 0 radical (unpaired) electrons. The molecule has 5 rings (SSSR count). The summed E-state index contributed by atoms with van der Waals surface area (Å²) < 4.78 is 0. The van der Waals surface area contributed by atoms with Crippen LogP contribution in [0.25, 0.3) is 0 Å². The first-order valence-corrected chi connectivity index (χ1v) is 10.4. The number of piperidine rings is 1. The highest BCUT2D eigenvalue weighted by atomic mass is 16.4. The maximum atomic E-state index is 12.4. The maximum Gasteiger partial charge on any atom is 0.320 e. The molecule has 1 amide bonds. The van der Waals surface area contributed by atoms with Gasteiger partial charge in [0.15, 0.2) is 0 Å². The molecule has 1 spiro atoms. The van der Waals surface area contributed by atoms with Crippen LogP contribution in [0.1, 0.15) is 43.2 Å². The molecular formula is C22H28N2O3. The van der Waals surface area contributed by atoms with Gasteiger partial charge in [-0.15, -0.1) is 0 Å². The van der Waals surface area contributed by atoms with Gasteiger partial charge >= 0.3 is 5.97 Å². The summed E-state index contributed by atoms with van der Waals surface area (Å²) in [5.41, 5.74) is 2.81. The SMILES string of the molecule is O=C(O)C1CC2(CCN(C(=O)C3CC3)CC2)CN1C1Cc2ccccc2C1. The quantitative estimate of drug-likeness (QED) is 0.890. The predicted octanol–water partition coefficient (Wildman–Crippen LogP) is 2.33. The van der Waals surface area contributed by atoms with Gasteiger partial charge in [-0.3, -0.25) is 14.5 Å². The Balaban J connectivity index is 1.30. The standard InChI is InChI=1S/C22H28N2O3/c25-20(15-5-6-15)23-9-7-22(8-10-23)13-19(21(26)27)24(14-22)18-11-16-3-1-2-4-17(16)12-18/h1-4,15,18-19H,5-14H2,(H,26,27). The first-order chi connectivity index (χ1) is 13.0. The molecule has 0 bridgehead atoms. The third-order valence-corrected chi connectivity index (χ3v) is 7.39. The molecule has 2 saturated heterocycles. The fourth-order valence-corrected chi connectivity index (χ4v) is 5.62. The van der Waals surface area contributed by atoms with Gasteiger partial charge in [-0.25, -0.2) is 0 Å². The lowest BCUT2D eigenvalue weighted by Gasteiger charge is -2.40. The number of carbonyl (C=O) groups excluding carboxylic acids is 1. The zero-order chi connectivity index (χ0) is 18.6. The number of aliphatic carboxylic acids is 1. The molecule has 3 fully saturated rings. The van der Waals surface area contributed by atoms with Crippen molar-refractivity contribution in [2.24, 2.45) is 11.3 Å². The van der Waals surface area contributed by atoms with E-state index in [9.17, 15) is 14.7 Å². The van der Waals surface area contributed by atoms with Crippen LogP contribution in [-0.2, 0) is 22.4 Å². The van der Waals surface area contributed by atoms with Crippen LogP contribution in [0.2, 0.25) is 0 Å². The van der Waals surface area contributed by atoms with Crippen molar-refractivity contribution in [3.8, 4) is 0 Å². The average Bonchev–Trinajstić information content (AvgIpc) is 3.32. The highest BCUT2D eigenvalue weighted by Crippen LogP contribution is 2.46. The van der Waals surface area contributed by atoms with Gasteiger partial charge in [-0.05, 0) is 61.5 Å². The van der Waals surface area contributed by atoms with Crippen LogP contribution in [0.15, 0.2) is 24.3 Å². The molecule has 5 heteroatoms. The lowest BCUT2D eigenvalue weighted by molar-refractivity contribution is -0.143. The zero-order valence-corrected chi connectivity index (χ0v) is 15.8. The van der Waals surface area contributed by atoms with Crippen LogP contribution < -0.4 is 0 Å². The minimum absolute atomic E-state index is 0.0676. The predicted molar refractivity (Wildman–Crippen MR) is 101 cm³/mol. The Hall–Kier alpha value is -1.88. The molecule has 144 valence electrons. The summed E-state index contributed by atoms with van der Waals surface area (Å²) in [6, 6.07) is 8.43. The number of hydrogen-bond acceptors (Lipinski definition) is 3. The minimum Gasteiger partial charge on any atom is -0.480 e. The molecule has 1 N–H and O–H groups in total. The van der Waals surface area contributed by atoms with E-state index in [4.69, 9.17) is 0 Å². The van der Waals surface area contributed by atoms with Gasteiger partial charge in [0.25, 0.3) is 0 Å². The molecule has 2 aliphatic carbocycles. The van der Waals surface area contributed by atoms with Crippen LogP contribution in [0.4, 0.5) is 0 Å². The topological polar surface area (TPSA) is 60.9 Å². The molecule has 1 unspecified atom stereocenters. The van der Waals surface area contributed by atoms with Crippen molar-refractivity contribution in [3.63, 3.8) is 0 Å². The number of likely N-dealkylation sites (tertiary alicyclic amines) is 2. The number of nitrogens with zero attached hydrogens (tertiary/aromatic N) is 2. The molecular weight excluding hydrogens is 340 g/mol. The van der Waals surface area contributed by atoms with E-state index < -0.39 is 5.97 Å². The second kappa shape index (κ2) is 6.33. The van der Waals surface area contributed by atoms with E-state index in [1.54, 1.807) is 0 Å². The van der Waals surface area contributed by atoms with E-state index in [-0.39, 0.29) is 17.4 Å². The van der Waals surface area contributed by atoms with E-state index in [1.165, 1.54) is 11.1 Å². The number of carboxylic acids is 1. The van der Waals surface area contributed by atoms with Crippen LogP contribution >= 0.6 is 0 Å². The number of carbonyl (C=O) groups is 2. The largest absolute Gasteiger partial charge is 0.480 e. The monoisotopic (exact) mass is 368 g/mol. The Kier molecular flexibility index (Phi) is 4.04. The van der Waals surface area contributed by atoms with E-state index in [2.05, 4.69) is 29.2 Å². The molecule has 4 aliphatic rings. The summed E-state index contributed by atoms with van der Waals surface area (Å²) in [6.07, 6.45) is 6.66. The summed E-state index contributed by atoms with van der Waals surface area (Å²) in [5, 5.41) is 9.89. The van der Waals surface area contributed by atoms with Crippen LogP contribution in [0.3, 0.4) is 0 Å². The summed E-state index contributed by atoms with van der Waals surface area (Å²) >= 11 is 0. The second-order valence-electron chi connectivity index (χ2n) is 9.16. The highest BCUT2D eigenvalue weighted by molar-refractivity contribution is 5.81. The van der Waals surface area contributed by atoms with Gasteiger partial charge < -0.3 is 10.0 Å². The van der Waals surface area contributed by atoms with Crippen molar-refractivity contribution in [1.29, 1.82) is 0 Å². The van der Waals surface area contributed by atoms with E-state index >= 15 is 0 Å². The van der Waals surface area contributed by atoms with Crippen molar-refractivity contribution in [2.45, 2.75) is 57.0 Å². The van der Waals surface area contributed by atoms with Gasteiger partial charge in [-0.2, -0.15) is 0 Å².